The molecule has 0 heterocycles. The van der Waals surface area contributed by atoms with Gasteiger partial charge in [-0.25, -0.2) is 4.39 Å². The summed E-state index contributed by atoms with van der Waals surface area (Å²) in [7, 11) is 0. The summed E-state index contributed by atoms with van der Waals surface area (Å²) in [4.78, 5) is 11.9. The summed E-state index contributed by atoms with van der Waals surface area (Å²) in [5, 5.41) is 0. The summed E-state index contributed by atoms with van der Waals surface area (Å²) in [6.45, 7) is 6.31. The second-order valence-electron chi connectivity index (χ2n) is 6.00. The van der Waals surface area contributed by atoms with E-state index >= 15 is 0 Å². The highest BCUT2D eigenvalue weighted by Gasteiger charge is 2.13. The summed E-state index contributed by atoms with van der Waals surface area (Å²) in [5.74, 6) is -0.0301. The van der Waals surface area contributed by atoms with Crippen molar-refractivity contribution in [3.8, 4) is 5.75 Å². The second kappa shape index (κ2) is 6.08. The van der Waals surface area contributed by atoms with E-state index in [0.717, 1.165) is 0 Å². The molecule has 0 bridgehead atoms. The van der Waals surface area contributed by atoms with Gasteiger partial charge in [0.1, 0.15) is 11.6 Å². The van der Waals surface area contributed by atoms with E-state index in [9.17, 15) is 9.18 Å². The molecule has 2 nitrogen and oxygen atoms in total. The highest BCUT2D eigenvalue weighted by molar-refractivity contribution is 5.97. The lowest BCUT2D eigenvalue weighted by Crippen LogP contribution is -2.13. The van der Waals surface area contributed by atoms with E-state index in [4.69, 9.17) is 4.74 Å². The molecule has 0 aliphatic carbocycles. The molecule has 3 heteroatoms. The molecule has 0 spiro atoms. The van der Waals surface area contributed by atoms with E-state index < -0.39 is 5.82 Å². The standard InChI is InChI=1S/C18H19FO2/c1-18(2,3)14-7-9-16(10-8-14)21-12-17(20)13-5-4-6-15(19)11-13/h4-11H,12H2,1-3H3. The second-order valence-corrected chi connectivity index (χ2v) is 6.00. The van der Waals surface area contributed by atoms with Gasteiger partial charge < -0.3 is 4.74 Å². The highest BCUT2D eigenvalue weighted by Crippen LogP contribution is 2.24. The van der Waals surface area contributed by atoms with Crippen LogP contribution in [0, 0.1) is 5.82 Å². The molecule has 0 aromatic heterocycles. The van der Waals surface area contributed by atoms with E-state index in [2.05, 4.69) is 20.8 Å². The van der Waals surface area contributed by atoms with Crippen LogP contribution in [0.5, 0.6) is 5.75 Å². The van der Waals surface area contributed by atoms with Crippen molar-refractivity contribution < 1.29 is 13.9 Å². The van der Waals surface area contributed by atoms with E-state index in [0.29, 0.717) is 11.3 Å². The van der Waals surface area contributed by atoms with Crippen molar-refractivity contribution in [3.05, 3.63) is 65.5 Å². The third-order valence-corrected chi connectivity index (χ3v) is 3.24. The Labute approximate surface area is 124 Å². The van der Waals surface area contributed by atoms with Crippen LogP contribution in [0.3, 0.4) is 0 Å². The lowest BCUT2D eigenvalue weighted by Gasteiger charge is -2.19. The van der Waals surface area contributed by atoms with E-state index in [1.807, 2.05) is 24.3 Å². The zero-order chi connectivity index (χ0) is 15.5. The molecule has 0 saturated heterocycles. The molecule has 0 fully saturated rings. The molecule has 0 atom stereocenters. The summed E-state index contributed by atoms with van der Waals surface area (Å²) in [6.07, 6.45) is 0. The van der Waals surface area contributed by atoms with Crippen molar-refractivity contribution >= 4 is 5.78 Å². The molecule has 0 unspecified atom stereocenters. The molecule has 0 N–H and O–H groups in total. The maximum Gasteiger partial charge on any atom is 0.200 e. The molecule has 0 aliphatic heterocycles. The van der Waals surface area contributed by atoms with Crippen molar-refractivity contribution in [2.45, 2.75) is 26.2 Å². The number of ether oxygens (including phenoxy) is 1. The SMILES string of the molecule is CC(C)(C)c1ccc(OCC(=O)c2cccc(F)c2)cc1. The van der Waals surface area contributed by atoms with Crippen LogP contribution in [0.4, 0.5) is 4.39 Å². The van der Waals surface area contributed by atoms with Crippen LogP contribution in [0.15, 0.2) is 48.5 Å². The first-order valence-corrected chi connectivity index (χ1v) is 6.88. The van der Waals surface area contributed by atoms with Gasteiger partial charge >= 0.3 is 0 Å². The molecule has 21 heavy (non-hydrogen) atoms. The third kappa shape index (κ3) is 4.15. The highest BCUT2D eigenvalue weighted by atomic mass is 19.1. The normalized spacial score (nSPS) is 11.2. The number of hydrogen-bond donors (Lipinski definition) is 0. The fraction of sp³-hybridized carbons (Fsp3) is 0.278. The Morgan fingerprint density at radius 2 is 1.76 bits per heavy atom. The Kier molecular flexibility index (Phi) is 4.41. The largest absolute Gasteiger partial charge is 0.485 e. The lowest BCUT2D eigenvalue weighted by molar-refractivity contribution is 0.0921. The maximum absolute atomic E-state index is 13.1. The van der Waals surface area contributed by atoms with Gasteiger partial charge in [-0.3, -0.25) is 4.79 Å². The Hall–Kier alpha value is -2.16. The van der Waals surface area contributed by atoms with Gasteiger partial charge in [0, 0.05) is 5.56 Å². The van der Waals surface area contributed by atoms with Crippen molar-refractivity contribution in [3.63, 3.8) is 0 Å². The van der Waals surface area contributed by atoms with Crippen LogP contribution in [-0.2, 0) is 5.41 Å². The van der Waals surface area contributed by atoms with Crippen LogP contribution in [0.2, 0.25) is 0 Å². The minimum atomic E-state index is -0.421. The third-order valence-electron chi connectivity index (χ3n) is 3.24. The van der Waals surface area contributed by atoms with Gasteiger partial charge in [-0.15, -0.1) is 0 Å². The number of halogens is 1. The molecule has 0 saturated carbocycles. The van der Waals surface area contributed by atoms with E-state index in [1.165, 1.54) is 23.8 Å². The molecular weight excluding hydrogens is 267 g/mol. The minimum absolute atomic E-state index is 0.0793. The van der Waals surface area contributed by atoms with Gasteiger partial charge in [0.15, 0.2) is 12.4 Å². The van der Waals surface area contributed by atoms with Crippen LogP contribution in [-0.4, -0.2) is 12.4 Å². The molecule has 0 aliphatic rings. The van der Waals surface area contributed by atoms with E-state index in [1.54, 1.807) is 6.07 Å². The smallest absolute Gasteiger partial charge is 0.200 e. The Morgan fingerprint density at radius 3 is 2.33 bits per heavy atom. The first-order valence-electron chi connectivity index (χ1n) is 6.88. The Balaban J connectivity index is 1.98. The molecule has 110 valence electrons. The molecule has 0 radical (unpaired) electrons. The zero-order valence-corrected chi connectivity index (χ0v) is 12.5. The van der Waals surface area contributed by atoms with Crippen LogP contribution in [0.1, 0.15) is 36.7 Å². The van der Waals surface area contributed by atoms with Gasteiger partial charge in [-0.2, -0.15) is 0 Å². The minimum Gasteiger partial charge on any atom is -0.485 e. The average Bonchev–Trinajstić information content (AvgIpc) is 2.44. The number of rotatable bonds is 4. The van der Waals surface area contributed by atoms with Crippen LogP contribution < -0.4 is 4.74 Å². The Morgan fingerprint density at radius 1 is 1.10 bits per heavy atom. The molecule has 2 aromatic carbocycles. The number of hydrogen-bond acceptors (Lipinski definition) is 2. The zero-order valence-electron chi connectivity index (χ0n) is 12.5. The van der Waals surface area contributed by atoms with Crippen molar-refractivity contribution in [2.24, 2.45) is 0 Å². The van der Waals surface area contributed by atoms with Crippen LogP contribution >= 0.6 is 0 Å². The predicted molar refractivity (Wildman–Crippen MR) is 81.4 cm³/mol. The molecule has 0 amide bonds. The number of Topliss-reactive ketones (excluding diaryl/α,β-unsaturated/α-hetero) is 1. The van der Waals surface area contributed by atoms with Gasteiger partial charge in [0.25, 0.3) is 0 Å². The van der Waals surface area contributed by atoms with Gasteiger partial charge in [-0.1, -0.05) is 45.0 Å². The maximum atomic E-state index is 13.1. The molecular formula is C18H19FO2. The van der Waals surface area contributed by atoms with Gasteiger partial charge in [0.2, 0.25) is 0 Å². The predicted octanol–water partition coefficient (Wildman–Crippen LogP) is 4.38. The van der Waals surface area contributed by atoms with Gasteiger partial charge in [-0.05, 0) is 35.2 Å². The number of ketones is 1. The topological polar surface area (TPSA) is 26.3 Å². The fourth-order valence-corrected chi connectivity index (χ4v) is 1.95. The summed E-state index contributed by atoms with van der Waals surface area (Å²) in [5.41, 5.74) is 1.60. The summed E-state index contributed by atoms with van der Waals surface area (Å²) in [6, 6.07) is 13.3. The van der Waals surface area contributed by atoms with Crippen LogP contribution in [0.25, 0.3) is 0 Å². The van der Waals surface area contributed by atoms with E-state index in [-0.39, 0.29) is 17.8 Å². The van der Waals surface area contributed by atoms with Crippen molar-refractivity contribution in [2.75, 3.05) is 6.61 Å². The number of carbonyl (C=O) groups excluding carboxylic acids is 1. The van der Waals surface area contributed by atoms with Crippen molar-refractivity contribution in [1.29, 1.82) is 0 Å². The summed E-state index contributed by atoms with van der Waals surface area (Å²) < 4.78 is 18.5. The van der Waals surface area contributed by atoms with Crippen molar-refractivity contribution in [1.82, 2.24) is 0 Å². The molecule has 2 aromatic rings. The summed E-state index contributed by atoms with van der Waals surface area (Å²) >= 11 is 0. The first kappa shape index (κ1) is 15.2. The van der Waals surface area contributed by atoms with Gasteiger partial charge in [0.05, 0.1) is 0 Å². The quantitative estimate of drug-likeness (QED) is 0.779. The number of benzene rings is 2. The molecule has 2 rings (SSSR count). The lowest BCUT2D eigenvalue weighted by atomic mass is 9.87. The number of carbonyl (C=O) groups is 1. The Bertz CT molecular complexity index is 624. The fourth-order valence-electron chi connectivity index (χ4n) is 1.95. The first-order chi connectivity index (χ1) is 9.86. The average molecular weight is 286 g/mol. The monoisotopic (exact) mass is 286 g/mol.